The molecule has 12 heavy (non-hydrogen) atoms. The van der Waals surface area contributed by atoms with Crippen molar-refractivity contribution in [3.63, 3.8) is 0 Å². The Hall–Kier alpha value is -0.410. The van der Waals surface area contributed by atoms with Gasteiger partial charge in [-0.2, -0.15) is 0 Å². The van der Waals surface area contributed by atoms with Gasteiger partial charge < -0.3 is 5.32 Å². The second-order valence-corrected chi connectivity index (χ2v) is 3.25. The van der Waals surface area contributed by atoms with E-state index in [0.717, 1.165) is 17.4 Å². The number of hydrogen-bond donors (Lipinski definition) is 1. The standard InChI is InChI=1S/C9H11BrFN/c10-5-6-12-7-8-3-1-2-4-9(8)11/h1-4,12H,5-7H2. The smallest absolute Gasteiger partial charge is 0.127 e. The molecule has 0 atom stereocenters. The average Bonchev–Trinajstić information content (AvgIpc) is 2.09. The van der Waals surface area contributed by atoms with Gasteiger partial charge in [0.1, 0.15) is 5.82 Å². The summed E-state index contributed by atoms with van der Waals surface area (Å²) in [6.45, 7) is 1.45. The van der Waals surface area contributed by atoms with Gasteiger partial charge in [-0.05, 0) is 6.07 Å². The highest BCUT2D eigenvalue weighted by molar-refractivity contribution is 9.09. The molecule has 66 valence electrons. The van der Waals surface area contributed by atoms with Crippen molar-refractivity contribution in [2.24, 2.45) is 0 Å². The molecule has 0 heterocycles. The van der Waals surface area contributed by atoms with Crippen molar-refractivity contribution < 1.29 is 4.39 Å². The summed E-state index contributed by atoms with van der Waals surface area (Å²) in [4.78, 5) is 0. The highest BCUT2D eigenvalue weighted by atomic mass is 79.9. The minimum absolute atomic E-state index is 0.139. The highest BCUT2D eigenvalue weighted by Gasteiger charge is 1.97. The SMILES string of the molecule is Fc1ccccc1CNCCBr. The predicted molar refractivity (Wildman–Crippen MR) is 51.9 cm³/mol. The zero-order chi connectivity index (χ0) is 8.81. The molecule has 3 heteroatoms. The van der Waals surface area contributed by atoms with Crippen molar-refractivity contribution in [2.75, 3.05) is 11.9 Å². The second-order valence-electron chi connectivity index (χ2n) is 2.46. The van der Waals surface area contributed by atoms with E-state index < -0.39 is 0 Å². The lowest BCUT2D eigenvalue weighted by Crippen LogP contribution is -2.16. The molecule has 0 fully saturated rings. The van der Waals surface area contributed by atoms with Crippen LogP contribution in [0.2, 0.25) is 0 Å². The van der Waals surface area contributed by atoms with E-state index in [9.17, 15) is 4.39 Å². The van der Waals surface area contributed by atoms with Crippen LogP contribution < -0.4 is 5.32 Å². The van der Waals surface area contributed by atoms with Crippen LogP contribution in [0.4, 0.5) is 4.39 Å². The summed E-state index contributed by atoms with van der Waals surface area (Å²) in [6.07, 6.45) is 0. The molecule has 0 saturated carbocycles. The van der Waals surface area contributed by atoms with Crippen LogP contribution in [0.15, 0.2) is 24.3 Å². The number of nitrogens with one attached hydrogen (secondary N) is 1. The molecule has 0 aromatic heterocycles. The normalized spacial score (nSPS) is 10.2. The van der Waals surface area contributed by atoms with Crippen LogP contribution in [0.5, 0.6) is 0 Å². The lowest BCUT2D eigenvalue weighted by Gasteiger charge is -2.02. The van der Waals surface area contributed by atoms with Crippen LogP contribution in [0.1, 0.15) is 5.56 Å². The fraction of sp³-hybridized carbons (Fsp3) is 0.333. The topological polar surface area (TPSA) is 12.0 Å². The Morgan fingerprint density at radius 2 is 2.08 bits per heavy atom. The first-order valence-corrected chi connectivity index (χ1v) is 4.97. The molecular weight excluding hydrogens is 221 g/mol. The minimum Gasteiger partial charge on any atom is -0.312 e. The van der Waals surface area contributed by atoms with Crippen molar-refractivity contribution in [1.29, 1.82) is 0 Å². The molecule has 1 rings (SSSR count). The minimum atomic E-state index is -0.139. The maximum atomic E-state index is 13.0. The van der Waals surface area contributed by atoms with Crippen LogP contribution in [0.3, 0.4) is 0 Å². The van der Waals surface area contributed by atoms with Crippen molar-refractivity contribution in [3.05, 3.63) is 35.6 Å². The lowest BCUT2D eigenvalue weighted by atomic mass is 10.2. The number of benzene rings is 1. The Bertz CT molecular complexity index is 240. The second kappa shape index (κ2) is 5.27. The Kier molecular flexibility index (Phi) is 4.25. The molecule has 0 radical (unpaired) electrons. The van der Waals surface area contributed by atoms with Crippen molar-refractivity contribution >= 4 is 15.9 Å². The largest absolute Gasteiger partial charge is 0.312 e. The van der Waals surface area contributed by atoms with Gasteiger partial charge in [-0.1, -0.05) is 34.1 Å². The molecule has 1 aromatic rings. The fourth-order valence-corrected chi connectivity index (χ4v) is 1.21. The van der Waals surface area contributed by atoms with Gasteiger partial charge in [0.15, 0.2) is 0 Å². The lowest BCUT2D eigenvalue weighted by molar-refractivity contribution is 0.594. The monoisotopic (exact) mass is 231 g/mol. The van der Waals surface area contributed by atoms with Gasteiger partial charge in [0, 0.05) is 24.0 Å². The Morgan fingerprint density at radius 3 is 2.75 bits per heavy atom. The molecule has 0 bridgehead atoms. The summed E-state index contributed by atoms with van der Waals surface area (Å²) >= 11 is 3.29. The molecule has 0 spiro atoms. The Labute approximate surface area is 80.1 Å². The zero-order valence-electron chi connectivity index (χ0n) is 6.69. The fourth-order valence-electron chi connectivity index (χ4n) is 0.932. The third-order valence-electron chi connectivity index (χ3n) is 1.54. The first-order chi connectivity index (χ1) is 5.84. The highest BCUT2D eigenvalue weighted by Crippen LogP contribution is 2.04. The third-order valence-corrected chi connectivity index (χ3v) is 1.94. The number of alkyl halides is 1. The molecule has 1 aromatic carbocycles. The summed E-state index contributed by atoms with van der Waals surface area (Å²) in [5.41, 5.74) is 0.721. The number of halogens is 2. The van der Waals surface area contributed by atoms with Crippen molar-refractivity contribution in [2.45, 2.75) is 6.54 Å². The summed E-state index contributed by atoms with van der Waals surface area (Å²) in [5.74, 6) is -0.139. The molecule has 0 unspecified atom stereocenters. The molecule has 0 aliphatic heterocycles. The van der Waals surface area contributed by atoms with E-state index in [4.69, 9.17) is 0 Å². The van der Waals surface area contributed by atoms with Crippen LogP contribution >= 0.6 is 15.9 Å². The van der Waals surface area contributed by atoms with Gasteiger partial charge >= 0.3 is 0 Å². The van der Waals surface area contributed by atoms with E-state index in [0.29, 0.717) is 6.54 Å². The maximum absolute atomic E-state index is 13.0. The molecule has 1 N–H and O–H groups in total. The molecule has 0 saturated heterocycles. The van der Waals surface area contributed by atoms with E-state index in [-0.39, 0.29) is 5.82 Å². The molecule has 0 aliphatic carbocycles. The van der Waals surface area contributed by atoms with Gasteiger partial charge in [-0.25, -0.2) is 4.39 Å². The van der Waals surface area contributed by atoms with Gasteiger partial charge in [0.2, 0.25) is 0 Å². The third kappa shape index (κ3) is 2.91. The summed E-state index contributed by atoms with van der Waals surface area (Å²) < 4.78 is 13.0. The van der Waals surface area contributed by atoms with Crippen molar-refractivity contribution in [1.82, 2.24) is 5.32 Å². The van der Waals surface area contributed by atoms with Crippen LogP contribution in [-0.2, 0) is 6.54 Å². The van der Waals surface area contributed by atoms with Crippen molar-refractivity contribution in [3.8, 4) is 0 Å². The first-order valence-electron chi connectivity index (χ1n) is 3.84. The number of hydrogen-bond acceptors (Lipinski definition) is 1. The molecular formula is C9H11BrFN. The zero-order valence-corrected chi connectivity index (χ0v) is 8.27. The van der Waals surface area contributed by atoms with Gasteiger partial charge in [0.05, 0.1) is 0 Å². The average molecular weight is 232 g/mol. The van der Waals surface area contributed by atoms with E-state index in [2.05, 4.69) is 21.2 Å². The molecule has 0 aliphatic rings. The van der Waals surface area contributed by atoms with E-state index in [1.165, 1.54) is 6.07 Å². The van der Waals surface area contributed by atoms with Crippen LogP contribution in [0, 0.1) is 5.82 Å². The molecule has 0 amide bonds. The maximum Gasteiger partial charge on any atom is 0.127 e. The predicted octanol–water partition coefficient (Wildman–Crippen LogP) is 2.31. The van der Waals surface area contributed by atoms with E-state index in [1.807, 2.05) is 6.07 Å². The van der Waals surface area contributed by atoms with Gasteiger partial charge in [0.25, 0.3) is 0 Å². The summed E-state index contributed by atoms with van der Waals surface area (Å²) in [5, 5.41) is 4.00. The van der Waals surface area contributed by atoms with Crippen LogP contribution in [0.25, 0.3) is 0 Å². The Morgan fingerprint density at radius 1 is 1.33 bits per heavy atom. The number of rotatable bonds is 4. The van der Waals surface area contributed by atoms with Crippen LogP contribution in [-0.4, -0.2) is 11.9 Å². The Balaban J connectivity index is 2.46. The quantitative estimate of drug-likeness (QED) is 0.620. The van der Waals surface area contributed by atoms with E-state index >= 15 is 0 Å². The van der Waals surface area contributed by atoms with E-state index in [1.54, 1.807) is 12.1 Å². The van der Waals surface area contributed by atoms with Gasteiger partial charge in [-0.15, -0.1) is 0 Å². The summed E-state index contributed by atoms with van der Waals surface area (Å²) in [7, 11) is 0. The molecule has 1 nitrogen and oxygen atoms in total. The summed E-state index contributed by atoms with van der Waals surface area (Å²) in [6, 6.07) is 6.80. The van der Waals surface area contributed by atoms with Gasteiger partial charge in [-0.3, -0.25) is 0 Å². The first kappa shape index (κ1) is 9.68.